The fourth-order valence-corrected chi connectivity index (χ4v) is 1.22. The van der Waals surface area contributed by atoms with Crippen LogP contribution in [0.3, 0.4) is 0 Å². The minimum Gasteiger partial charge on any atom is -0.491 e. The van der Waals surface area contributed by atoms with Crippen molar-refractivity contribution in [1.82, 2.24) is 0 Å². The molecule has 0 aliphatic rings. The molecule has 0 saturated carbocycles. The molecule has 1 aromatic carbocycles. The fraction of sp³-hybridized carbons (Fsp3) is 0.357. The Balaban J connectivity index is 2.00. The average molecular weight is 250 g/mol. The fourth-order valence-electron chi connectivity index (χ4n) is 1.22. The van der Waals surface area contributed by atoms with Gasteiger partial charge in [-0.1, -0.05) is 24.3 Å². The highest BCUT2D eigenvalue weighted by Crippen LogP contribution is 2.10. The number of hydrogen-bond donors (Lipinski definition) is 0. The first kappa shape index (κ1) is 14.3. The molecule has 0 fully saturated rings. The lowest BCUT2D eigenvalue weighted by molar-refractivity contribution is -0.139. The highest BCUT2D eigenvalue weighted by molar-refractivity contribution is 5.81. The molecule has 4 heteroatoms. The van der Waals surface area contributed by atoms with Gasteiger partial charge < -0.3 is 14.2 Å². The summed E-state index contributed by atoms with van der Waals surface area (Å²) in [5, 5.41) is 0. The van der Waals surface area contributed by atoms with Gasteiger partial charge in [0.2, 0.25) is 0 Å². The summed E-state index contributed by atoms with van der Waals surface area (Å²) in [6.07, 6.45) is 1.13. The Hall–Kier alpha value is -1.81. The minimum absolute atomic E-state index is 0.232. The molecule has 18 heavy (non-hydrogen) atoms. The van der Waals surface area contributed by atoms with Gasteiger partial charge in [-0.25, -0.2) is 4.79 Å². The van der Waals surface area contributed by atoms with Crippen LogP contribution in [0, 0.1) is 6.92 Å². The molecule has 1 rings (SSSR count). The summed E-state index contributed by atoms with van der Waals surface area (Å²) in [6.45, 7) is 6.84. The number of ether oxygens (including phenoxy) is 3. The average Bonchev–Trinajstić information content (AvgIpc) is 2.39. The van der Waals surface area contributed by atoms with E-state index in [9.17, 15) is 4.79 Å². The van der Waals surface area contributed by atoms with Crippen LogP contribution in [0.4, 0.5) is 0 Å². The molecule has 0 bridgehead atoms. The standard InChI is InChI=1S/C14H18O4/c1-3-14(15)18-11-9-16-8-10-17-13-6-4-12(2)5-7-13/h3-7H,1,8-11H2,2H3. The van der Waals surface area contributed by atoms with E-state index in [0.717, 1.165) is 11.8 Å². The van der Waals surface area contributed by atoms with Gasteiger partial charge in [0, 0.05) is 6.08 Å². The van der Waals surface area contributed by atoms with Gasteiger partial charge in [-0.05, 0) is 19.1 Å². The van der Waals surface area contributed by atoms with E-state index in [0.29, 0.717) is 19.8 Å². The first-order chi connectivity index (χ1) is 8.72. The second kappa shape index (κ2) is 8.31. The van der Waals surface area contributed by atoms with Crippen LogP contribution in [0.1, 0.15) is 5.56 Å². The third kappa shape index (κ3) is 6.06. The van der Waals surface area contributed by atoms with Crippen molar-refractivity contribution in [2.24, 2.45) is 0 Å². The van der Waals surface area contributed by atoms with Gasteiger partial charge in [0.25, 0.3) is 0 Å². The van der Waals surface area contributed by atoms with E-state index >= 15 is 0 Å². The minimum atomic E-state index is -0.436. The zero-order chi connectivity index (χ0) is 13.2. The SMILES string of the molecule is C=CC(=O)OCCOCCOc1ccc(C)cc1. The lowest BCUT2D eigenvalue weighted by Gasteiger charge is -2.07. The Morgan fingerprint density at radius 1 is 1.17 bits per heavy atom. The predicted octanol–water partition coefficient (Wildman–Crippen LogP) is 2.12. The van der Waals surface area contributed by atoms with E-state index in [1.165, 1.54) is 5.56 Å². The van der Waals surface area contributed by atoms with Crippen LogP contribution >= 0.6 is 0 Å². The lowest BCUT2D eigenvalue weighted by atomic mass is 10.2. The van der Waals surface area contributed by atoms with Crippen LogP contribution in [-0.2, 0) is 14.3 Å². The quantitative estimate of drug-likeness (QED) is 0.403. The van der Waals surface area contributed by atoms with E-state index in [1.807, 2.05) is 31.2 Å². The molecule has 0 aliphatic heterocycles. The predicted molar refractivity (Wildman–Crippen MR) is 68.6 cm³/mol. The van der Waals surface area contributed by atoms with E-state index in [2.05, 4.69) is 6.58 Å². The Bertz CT molecular complexity index is 370. The van der Waals surface area contributed by atoms with Crippen molar-refractivity contribution >= 4 is 5.97 Å². The number of rotatable bonds is 8. The summed E-state index contributed by atoms with van der Waals surface area (Å²) in [7, 11) is 0. The number of esters is 1. The normalized spacial score (nSPS) is 9.83. The van der Waals surface area contributed by atoms with Crippen molar-refractivity contribution < 1.29 is 19.0 Å². The molecule has 0 aromatic heterocycles. The molecule has 0 aliphatic carbocycles. The van der Waals surface area contributed by atoms with Crippen LogP contribution in [0.15, 0.2) is 36.9 Å². The maximum absolute atomic E-state index is 10.7. The molecule has 4 nitrogen and oxygen atoms in total. The third-order valence-electron chi connectivity index (χ3n) is 2.16. The molecule has 0 unspecified atom stereocenters. The zero-order valence-electron chi connectivity index (χ0n) is 10.6. The van der Waals surface area contributed by atoms with Crippen LogP contribution < -0.4 is 4.74 Å². The van der Waals surface area contributed by atoms with Crippen molar-refractivity contribution in [3.05, 3.63) is 42.5 Å². The molecule has 0 heterocycles. The molecule has 0 spiro atoms. The van der Waals surface area contributed by atoms with Gasteiger partial charge in [-0.3, -0.25) is 0 Å². The van der Waals surface area contributed by atoms with Crippen molar-refractivity contribution in [2.75, 3.05) is 26.4 Å². The highest BCUT2D eigenvalue weighted by atomic mass is 16.6. The summed E-state index contributed by atoms with van der Waals surface area (Å²) >= 11 is 0. The molecule has 0 saturated heterocycles. The van der Waals surface area contributed by atoms with Crippen LogP contribution in [0.5, 0.6) is 5.75 Å². The molecule has 98 valence electrons. The molecule has 0 N–H and O–H groups in total. The summed E-state index contributed by atoms with van der Waals surface area (Å²) in [4.78, 5) is 10.7. The van der Waals surface area contributed by atoms with E-state index in [1.54, 1.807) is 0 Å². The van der Waals surface area contributed by atoms with Gasteiger partial charge in [-0.15, -0.1) is 0 Å². The van der Waals surface area contributed by atoms with E-state index < -0.39 is 5.97 Å². The van der Waals surface area contributed by atoms with Crippen molar-refractivity contribution in [1.29, 1.82) is 0 Å². The summed E-state index contributed by atoms with van der Waals surface area (Å²) in [5.41, 5.74) is 1.20. The first-order valence-corrected chi connectivity index (χ1v) is 5.79. The summed E-state index contributed by atoms with van der Waals surface area (Å²) < 4.78 is 15.4. The molecular weight excluding hydrogens is 232 g/mol. The largest absolute Gasteiger partial charge is 0.491 e. The van der Waals surface area contributed by atoms with E-state index in [-0.39, 0.29) is 6.61 Å². The number of carbonyl (C=O) groups is 1. The van der Waals surface area contributed by atoms with Gasteiger partial charge in [0.1, 0.15) is 19.0 Å². The lowest BCUT2D eigenvalue weighted by Crippen LogP contribution is -2.12. The van der Waals surface area contributed by atoms with Gasteiger partial charge in [0.15, 0.2) is 0 Å². The number of aryl methyl sites for hydroxylation is 1. The summed E-state index contributed by atoms with van der Waals surface area (Å²) in [6, 6.07) is 7.82. The maximum atomic E-state index is 10.7. The van der Waals surface area contributed by atoms with Crippen molar-refractivity contribution in [3.8, 4) is 5.75 Å². The molecule has 0 radical (unpaired) electrons. The van der Waals surface area contributed by atoms with Gasteiger partial charge in [-0.2, -0.15) is 0 Å². The second-order valence-corrected chi connectivity index (χ2v) is 3.65. The van der Waals surface area contributed by atoms with Crippen molar-refractivity contribution in [3.63, 3.8) is 0 Å². The topological polar surface area (TPSA) is 44.8 Å². The molecule has 0 amide bonds. The molecule has 0 atom stereocenters. The second-order valence-electron chi connectivity index (χ2n) is 3.65. The zero-order valence-corrected chi connectivity index (χ0v) is 10.6. The number of benzene rings is 1. The first-order valence-electron chi connectivity index (χ1n) is 5.79. The van der Waals surface area contributed by atoms with Gasteiger partial charge >= 0.3 is 5.97 Å². The van der Waals surface area contributed by atoms with Crippen LogP contribution in [0.2, 0.25) is 0 Å². The smallest absolute Gasteiger partial charge is 0.330 e. The van der Waals surface area contributed by atoms with Gasteiger partial charge in [0.05, 0.1) is 13.2 Å². The van der Waals surface area contributed by atoms with E-state index in [4.69, 9.17) is 14.2 Å². The molecule has 1 aromatic rings. The van der Waals surface area contributed by atoms with Crippen LogP contribution in [0.25, 0.3) is 0 Å². The highest BCUT2D eigenvalue weighted by Gasteiger charge is 1.96. The number of hydrogen-bond acceptors (Lipinski definition) is 4. The summed E-state index contributed by atoms with van der Waals surface area (Å²) in [5.74, 6) is 0.386. The monoisotopic (exact) mass is 250 g/mol. The maximum Gasteiger partial charge on any atom is 0.330 e. The Kier molecular flexibility index (Phi) is 6.58. The van der Waals surface area contributed by atoms with Crippen LogP contribution in [-0.4, -0.2) is 32.4 Å². The third-order valence-corrected chi connectivity index (χ3v) is 2.16. The Morgan fingerprint density at radius 2 is 1.83 bits per heavy atom. The van der Waals surface area contributed by atoms with Crippen molar-refractivity contribution in [2.45, 2.75) is 6.92 Å². The number of carbonyl (C=O) groups excluding carboxylic acids is 1. The Labute approximate surface area is 107 Å². The Morgan fingerprint density at radius 3 is 2.50 bits per heavy atom. The molecular formula is C14H18O4.